The highest BCUT2D eigenvalue weighted by molar-refractivity contribution is 7.84. The molecule has 0 aromatic carbocycles. The average molecular weight is 402 g/mol. The van der Waals surface area contributed by atoms with Crippen LogP contribution in [-0.4, -0.2) is 28.7 Å². The number of carbonyl (C=O) groups excluding carboxylic acids is 1. The third-order valence-electron chi connectivity index (χ3n) is 5.51. The number of nitrogens with one attached hydrogen (secondary N) is 1. The highest BCUT2D eigenvalue weighted by Crippen LogP contribution is 2.22. The predicted octanol–water partition coefficient (Wildman–Crippen LogP) is 5.95. The summed E-state index contributed by atoms with van der Waals surface area (Å²) >= 11 is 0. The van der Waals surface area contributed by atoms with Gasteiger partial charge in [-0.3, -0.25) is 9.00 Å². The minimum absolute atomic E-state index is 0.104. The van der Waals surface area contributed by atoms with Crippen molar-refractivity contribution in [2.45, 2.75) is 98.8 Å². The first kappa shape index (κ1) is 26.6. The monoisotopic (exact) mass is 401 g/mol. The summed E-state index contributed by atoms with van der Waals surface area (Å²) in [6.45, 7) is 12.1. The molecule has 0 aliphatic rings. The van der Waals surface area contributed by atoms with Crippen LogP contribution in [-0.2, 0) is 15.6 Å². The van der Waals surface area contributed by atoms with Crippen molar-refractivity contribution >= 4 is 16.7 Å². The quantitative estimate of drug-likeness (QED) is 0.327. The Balaban J connectivity index is 3.64. The summed E-state index contributed by atoms with van der Waals surface area (Å²) in [5, 5.41) is 2.87. The fraction of sp³-hybridized carbons (Fsp3) is 0.957. The fourth-order valence-electron chi connectivity index (χ4n) is 3.62. The minimum Gasteiger partial charge on any atom is -0.355 e. The van der Waals surface area contributed by atoms with E-state index in [-0.39, 0.29) is 5.91 Å². The number of hydrogen-bond acceptors (Lipinski definition) is 2. The van der Waals surface area contributed by atoms with Gasteiger partial charge in [0.2, 0.25) is 5.91 Å². The van der Waals surface area contributed by atoms with Crippen LogP contribution in [0.4, 0.5) is 0 Å². The Morgan fingerprint density at radius 3 is 1.67 bits per heavy atom. The normalized spacial score (nSPS) is 16.1. The summed E-state index contributed by atoms with van der Waals surface area (Å²) in [4.78, 5) is 11.8. The van der Waals surface area contributed by atoms with E-state index in [0.717, 1.165) is 24.2 Å². The summed E-state index contributed by atoms with van der Waals surface area (Å²) in [6.07, 6.45) is 14.1. The Hall–Kier alpha value is -0.380. The Morgan fingerprint density at radius 2 is 1.22 bits per heavy atom. The van der Waals surface area contributed by atoms with Crippen molar-refractivity contribution in [2.24, 2.45) is 23.7 Å². The topological polar surface area (TPSA) is 46.2 Å². The third kappa shape index (κ3) is 18.7. The van der Waals surface area contributed by atoms with Gasteiger partial charge in [-0.25, -0.2) is 0 Å². The molecule has 162 valence electrons. The van der Waals surface area contributed by atoms with Gasteiger partial charge in [-0.15, -0.1) is 0 Å². The van der Waals surface area contributed by atoms with Gasteiger partial charge < -0.3 is 5.32 Å². The van der Waals surface area contributed by atoms with Crippen LogP contribution < -0.4 is 5.32 Å². The molecule has 0 aliphatic heterocycles. The van der Waals surface area contributed by atoms with Crippen molar-refractivity contribution in [3.8, 4) is 0 Å². The van der Waals surface area contributed by atoms with Gasteiger partial charge in [-0.05, 0) is 23.7 Å². The molecule has 1 amide bonds. The first-order valence-corrected chi connectivity index (χ1v) is 13.0. The zero-order valence-corrected chi connectivity index (χ0v) is 19.8. The zero-order chi connectivity index (χ0) is 20.7. The lowest BCUT2D eigenvalue weighted by Gasteiger charge is -2.16. The maximum Gasteiger partial charge on any atom is 0.220 e. The summed E-state index contributed by atoms with van der Waals surface area (Å²) < 4.78 is 11.0. The second-order valence-electron chi connectivity index (χ2n) is 9.33. The van der Waals surface area contributed by atoms with E-state index in [9.17, 15) is 9.00 Å². The molecule has 0 radical (unpaired) electrons. The molecule has 1 unspecified atom stereocenters. The van der Waals surface area contributed by atoms with Crippen LogP contribution >= 0.6 is 0 Å². The molecule has 0 fully saturated rings. The smallest absolute Gasteiger partial charge is 0.220 e. The molecule has 4 heteroatoms. The number of rotatable bonds is 17. The summed E-state index contributed by atoms with van der Waals surface area (Å²) in [5.41, 5.74) is 0. The first-order valence-electron chi connectivity index (χ1n) is 11.3. The molecule has 27 heavy (non-hydrogen) atoms. The second-order valence-corrected chi connectivity index (χ2v) is 10.9. The van der Waals surface area contributed by atoms with Gasteiger partial charge in [-0.2, -0.15) is 0 Å². The van der Waals surface area contributed by atoms with E-state index in [0.29, 0.717) is 24.6 Å². The SMILES string of the molecule is CC(C)CCC[C@@H](C)CCC[C@@H](C)CCC[C@H](C)CC(=O)NCCS(C)=O. The van der Waals surface area contributed by atoms with Gasteiger partial charge in [0.05, 0.1) is 0 Å². The van der Waals surface area contributed by atoms with E-state index in [1.54, 1.807) is 6.26 Å². The third-order valence-corrected chi connectivity index (χ3v) is 6.29. The van der Waals surface area contributed by atoms with Crippen molar-refractivity contribution in [1.29, 1.82) is 0 Å². The molecule has 0 saturated carbocycles. The van der Waals surface area contributed by atoms with Gasteiger partial charge in [0.1, 0.15) is 0 Å². The van der Waals surface area contributed by atoms with Crippen LogP contribution in [0.5, 0.6) is 0 Å². The lowest BCUT2D eigenvalue weighted by molar-refractivity contribution is -0.121. The Labute approximate surface area is 172 Å². The lowest BCUT2D eigenvalue weighted by Crippen LogP contribution is -2.28. The van der Waals surface area contributed by atoms with E-state index in [4.69, 9.17) is 0 Å². The predicted molar refractivity (Wildman–Crippen MR) is 120 cm³/mol. The molecule has 0 rings (SSSR count). The zero-order valence-electron chi connectivity index (χ0n) is 19.0. The highest BCUT2D eigenvalue weighted by Gasteiger charge is 2.11. The lowest BCUT2D eigenvalue weighted by atomic mass is 9.90. The van der Waals surface area contributed by atoms with Gasteiger partial charge in [0, 0.05) is 35.8 Å². The molecule has 4 atom stereocenters. The van der Waals surface area contributed by atoms with E-state index in [1.165, 1.54) is 51.4 Å². The van der Waals surface area contributed by atoms with Crippen LogP contribution in [0.3, 0.4) is 0 Å². The van der Waals surface area contributed by atoms with Crippen molar-refractivity contribution in [3.05, 3.63) is 0 Å². The van der Waals surface area contributed by atoms with E-state index in [1.807, 2.05) is 0 Å². The largest absolute Gasteiger partial charge is 0.355 e. The Kier molecular flexibility index (Phi) is 16.3. The molecule has 0 heterocycles. The Morgan fingerprint density at radius 1 is 0.778 bits per heavy atom. The van der Waals surface area contributed by atoms with E-state index >= 15 is 0 Å². The fourth-order valence-corrected chi connectivity index (χ4v) is 4.01. The van der Waals surface area contributed by atoms with Crippen LogP contribution in [0, 0.1) is 23.7 Å². The first-order chi connectivity index (χ1) is 12.7. The van der Waals surface area contributed by atoms with E-state index in [2.05, 4.69) is 39.9 Å². The summed E-state index contributed by atoms with van der Waals surface area (Å²) in [7, 11) is -0.830. The van der Waals surface area contributed by atoms with Crippen molar-refractivity contribution in [3.63, 3.8) is 0 Å². The molecule has 0 aromatic heterocycles. The highest BCUT2D eigenvalue weighted by atomic mass is 32.2. The second kappa shape index (κ2) is 16.6. The van der Waals surface area contributed by atoms with Crippen molar-refractivity contribution in [2.75, 3.05) is 18.6 Å². The molecule has 0 aliphatic carbocycles. The maximum absolute atomic E-state index is 11.8. The standard InChI is InChI=1S/C23H47NO2S/c1-19(2)10-7-11-20(3)12-8-13-21(4)14-9-15-22(5)18-23(25)24-16-17-27(6)26/h19-22H,7-18H2,1-6H3,(H,24,25)/t20-,21-,22+,27?/m1/s1. The van der Waals surface area contributed by atoms with Gasteiger partial charge in [-0.1, -0.05) is 92.4 Å². The minimum atomic E-state index is -0.830. The summed E-state index contributed by atoms with van der Waals surface area (Å²) in [6, 6.07) is 0. The van der Waals surface area contributed by atoms with E-state index < -0.39 is 10.8 Å². The molecule has 0 bridgehead atoms. The molecule has 0 saturated heterocycles. The number of carbonyl (C=O) groups is 1. The molecular weight excluding hydrogens is 354 g/mol. The Bertz CT molecular complexity index is 398. The molecular formula is C23H47NO2S. The molecule has 1 N–H and O–H groups in total. The number of amides is 1. The van der Waals surface area contributed by atoms with Crippen LogP contribution in [0.2, 0.25) is 0 Å². The van der Waals surface area contributed by atoms with Gasteiger partial charge in [0.25, 0.3) is 0 Å². The molecule has 0 aromatic rings. The van der Waals surface area contributed by atoms with Crippen LogP contribution in [0.15, 0.2) is 0 Å². The summed E-state index contributed by atoms with van der Waals surface area (Å²) in [5.74, 6) is 3.60. The average Bonchev–Trinajstić information content (AvgIpc) is 2.53. The number of hydrogen-bond donors (Lipinski definition) is 1. The van der Waals surface area contributed by atoms with Crippen molar-refractivity contribution in [1.82, 2.24) is 5.32 Å². The van der Waals surface area contributed by atoms with Gasteiger partial charge in [0.15, 0.2) is 0 Å². The molecule has 0 spiro atoms. The van der Waals surface area contributed by atoms with Crippen LogP contribution in [0.25, 0.3) is 0 Å². The molecule has 3 nitrogen and oxygen atoms in total. The maximum atomic E-state index is 11.8. The van der Waals surface area contributed by atoms with Crippen molar-refractivity contribution < 1.29 is 9.00 Å². The van der Waals surface area contributed by atoms with Crippen LogP contribution in [0.1, 0.15) is 98.8 Å². The van der Waals surface area contributed by atoms with Gasteiger partial charge >= 0.3 is 0 Å².